The fourth-order valence-electron chi connectivity index (χ4n) is 6.21. The van der Waals surface area contributed by atoms with E-state index in [-0.39, 0.29) is 24.2 Å². The van der Waals surface area contributed by atoms with Crippen molar-refractivity contribution in [1.29, 1.82) is 0 Å². The molecule has 3 aromatic rings. The van der Waals surface area contributed by atoms with Crippen molar-refractivity contribution < 1.29 is 32.6 Å². The molecule has 0 aliphatic carbocycles. The topological polar surface area (TPSA) is 110 Å². The van der Waals surface area contributed by atoms with Crippen LogP contribution >= 0.6 is 0 Å². The Kier molecular flexibility index (Phi) is 8.35. The lowest BCUT2D eigenvalue weighted by molar-refractivity contribution is -0.136. The largest absolute Gasteiger partial charge is 0.496 e. The summed E-state index contributed by atoms with van der Waals surface area (Å²) in [5, 5.41) is 2.31. The zero-order valence-corrected chi connectivity index (χ0v) is 25.6. The summed E-state index contributed by atoms with van der Waals surface area (Å²) in [5.74, 6) is 6.75. The third-order valence-electron chi connectivity index (χ3n) is 8.67. The van der Waals surface area contributed by atoms with Crippen LogP contribution in [0.5, 0.6) is 11.5 Å². The van der Waals surface area contributed by atoms with Crippen LogP contribution in [0.2, 0.25) is 0 Å². The van der Waals surface area contributed by atoms with Gasteiger partial charge in [0, 0.05) is 62.9 Å². The van der Waals surface area contributed by atoms with E-state index in [1.807, 2.05) is 6.07 Å². The Labute approximate surface area is 263 Å². The third kappa shape index (κ3) is 5.86. The van der Waals surface area contributed by atoms with Gasteiger partial charge in [-0.05, 0) is 59.5 Å². The second kappa shape index (κ2) is 12.4. The van der Waals surface area contributed by atoms with Gasteiger partial charge in [0.05, 0.1) is 25.3 Å². The summed E-state index contributed by atoms with van der Waals surface area (Å²) >= 11 is 0. The Balaban J connectivity index is 1.12. The normalized spacial score (nSPS) is 18.2. The fourth-order valence-corrected chi connectivity index (χ4v) is 6.21. The molecule has 12 heteroatoms. The summed E-state index contributed by atoms with van der Waals surface area (Å²) in [7, 11) is 4.50. The van der Waals surface area contributed by atoms with Crippen LogP contribution in [-0.4, -0.2) is 65.4 Å². The number of nitrogens with one attached hydrogen (secondary N) is 1. The maximum absolute atomic E-state index is 13.5. The molecule has 46 heavy (non-hydrogen) atoms. The average molecular weight is 631 g/mol. The molecule has 238 valence electrons. The molecule has 0 bridgehead atoms. The summed E-state index contributed by atoms with van der Waals surface area (Å²) < 4.78 is 39.4. The molecular weight excluding hydrogens is 598 g/mol. The number of benzene rings is 2. The Morgan fingerprint density at radius 2 is 1.72 bits per heavy atom. The first-order valence-corrected chi connectivity index (χ1v) is 14.8. The molecule has 1 atom stereocenters. The van der Waals surface area contributed by atoms with Gasteiger partial charge in [0.2, 0.25) is 11.8 Å². The fraction of sp³-hybridized carbons (Fsp3) is 0.353. The van der Waals surface area contributed by atoms with Crippen molar-refractivity contribution in [3.63, 3.8) is 0 Å². The SMILES string of the molecule is COc1cc(-c2cc(C(F)F)c(=O)n(C)c2)cc(OC)c1CN1CC(C#Cc2ccc3c(c2)CN(C2CCC(=O)NC2=O)C3=O)C1. The molecule has 0 saturated carbocycles. The van der Waals surface area contributed by atoms with E-state index < -0.39 is 29.5 Å². The average Bonchev–Trinajstić information content (AvgIpc) is 3.33. The molecule has 3 aliphatic heterocycles. The maximum atomic E-state index is 13.5. The number of aromatic nitrogens is 1. The number of alkyl halides is 2. The predicted molar refractivity (Wildman–Crippen MR) is 163 cm³/mol. The Morgan fingerprint density at radius 3 is 2.37 bits per heavy atom. The van der Waals surface area contributed by atoms with Gasteiger partial charge in [0.15, 0.2) is 0 Å². The van der Waals surface area contributed by atoms with Crippen molar-refractivity contribution in [3.8, 4) is 34.5 Å². The van der Waals surface area contributed by atoms with Crippen LogP contribution in [0.15, 0.2) is 47.4 Å². The summed E-state index contributed by atoms with van der Waals surface area (Å²) in [6.07, 6.45) is -0.869. The van der Waals surface area contributed by atoms with E-state index >= 15 is 0 Å². The van der Waals surface area contributed by atoms with Crippen molar-refractivity contribution in [3.05, 3.63) is 80.8 Å². The van der Waals surface area contributed by atoms with Crippen LogP contribution in [0.4, 0.5) is 8.78 Å². The zero-order valence-electron chi connectivity index (χ0n) is 25.6. The minimum absolute atomic E-state index is 0.129. The zero-order chi connectivity index (χ0) is 32.7. The van der Waals surface area contributed by atoms with Gasteiger partial charge in [0.1, 0.15) is 17.5 Å². The summed E-state index contributed by atoms with van der Waals surface area (Å²) in [6, 6.07) is 9.48. The Morgan fingerprint density at radius 1 is 1.00 bits per heavy atom. The van der Waals surface area contributed by atoms with E-state index in [1.54, 1.807) is 24.3 Å². The van der Waals surface area contributed by atoms with Gasteiger partial charge in [0.25, 0.3) is 17.9 Å². The number of hydrogen-bond donors (Lipinski definition) is 1. The second-order valence-electron chi connectivity index (χ2n) is 11.7. The number of aryl methyl sites for hydroxylation is 1. The van der Waals surface area contributed by atoms with E-state index in [9.17, 15) is 28.0 Å². The number of amides is 3. The van der Waals surface area contributed by atoms with E-state index in [0.717, 1.165) is 21.3 Å². The van der Waals surface area contributed by atoms with E-state index in [2.05, 4.69) is 22.1 Å². The molecule has 0 spiro atoms. The molecule has 2 fully saturated rings. The number of piperidine rings is 1. The van der Waals surface area contributed by atoms with Crippen LogP contribution in [0.3, 0.4) is 0 Å². The lowest BCUT2D eigenvalue weighted by Gasteiger charge is -2.37. The number of likely N-dealkylation sites (tertiary alicyclic amines) is 1. The minimum atomic E-state index is -2.90. The first-order chi connectivity index (χ1) is 22.1. The number of halogens is 2. The summed E-state index contributed by atoms with van der Waals surface area (Å²) in [6.45, 7) is 2.25. The van der Waals surface area contributed by atoms with E-state index in [0.29, 0.717) is 60.8 Å². The third-order valence-corrected chi connectivity index (χ3v) is 8.67. The maximum Gasteiger partial charge on any atom is 0.269 e. The predicted octanol–water partition coefficient (Wildman–Crippen LogP) is 3.25. The number of hydrogen-bond acceptors (Lipinski definition) is 7. The van der Waals surface area contributed by atoms with Crippen molar-refractivity contribution in [2.24, 2.45) is 13.0 Å². The Bertz CT molecular complexity index is 1850. The minimum Gasteiger partial charge on any atom is -0.496 e. The van der Waals surface area contributed by atoms with Gasteiger partial charge < -0.3 is 18.9 Å². The van der Waals surface area contributed by atoms with Crippen LogP contribution in [-0.2, 0) is 29.7 Å². The molecule has 2 aromatic carbocycles. The number of carbonyl (C=O) groups is 3. The molecule has 1 aromatic heterocycles. The lowest BCUT2D eigenvalue weighted by Crippen LogP contribution is -2.52. The van der Waals surface area contributed by atoms with Crippen LogP contribution in [0.1, 0.15) is 51.9 Å². The molecule has 3 amide bonds. The monoisotopic (exact) mass is 630 g/mol. The number of nitrogens with zero attached hydrogens (tertiary/aromatic N) is 3. The highest BCUT2D eigenvalue weighted by atomic mass is 19.3. The molecule has 2 saturated heterocycles. The summed E-state index contributed by atoms with van der Waals surface area (Å²) in [4.78, 5) is 52.6. The highest BCUT2D eigenvalue weighted by Crippen LogP contribution is 2.37. The van der Waals surface area contributed by atoms with Crippen molar-refractivity contribution >= 4 is 17.7 Å². The van der Waals surface area contributed by atoms with Crippen LogP contribution in [0, 0.1) is 17.8 Å². The van der Waals surface area contributed by atoms with Crippen LogP contribution in [0.25, 0.3) is 11.1 Å². The highest BCUT2D eigenvalue weighted by molar-refractivity contribution is 6.05. The molecule has 3 aliphatic rings. The molecule has 1 N–H and O–H groups in total. The highest BCUT2D eigenvalue weighted by Gasteiger charge is 2.39. The number of rotatable bonds is 7. The number of ether oxygens (including phenoxy) is 2. The number of carbonyl (C=O) groups excluding carboxylic acids is 3. The van der Waals surface area contributed by atoms with Crippen molar-refractivity contribution in [2.75, 3.05) is 27.3 Å². The summed E-state index contributed by atoms with van der Waals surface area (Å²) in [5.41, 5.74) is 2.65. The first kappa shape index (κ1) is 31.0. The number of methoxy groups -OCH3 is 2. The molecule has 1 unspecified atom stereocenters. The smallest absolute Gasteiger partial charge is 0.269 e. The van der Waals surface area contributed by atoms with Crippen molar-refractivity contribution in [1.82, 2.24) is 19.7 Å². The van der Waals surface area contributed by atoms with Gasteiger partial charge in [-0.15, -0.1) is 0 Å². The van der Waals surface area contributed by atoms with Gasteiger partial charge >= 0.3 is 0 Å². The molecule has 6 rings (SSSR count). The quantitative estimate of drug-likeness (QED) is 0.315. The van der Waals surface area contributed by atoms with Gasteiger partial charge in [-0.25, -0.2) is 8.78 Å². The standard InChI is InChI=1S/C34H32F2N4O6/c1-38-16-22(11-25(31(35)36)33(38)43)21-12-28(45-2)26(29(13-21)46-3)18-39-14-20(15-39)5-4-19-6-7-24-23(10-19)17-40(34(24)44)27-8-9-30(41)37-32(27)42/h6-7,10-13,16,20,27,31H,8-9,14-15,17-18H2,1-3H3,(H,37,41,42). The van der Waals surface area contributed by atoms with E-state index in [1.165, 1.54) is 38.4 Å². The first-order valence-electron chi connectivity index (χ1n) is 14.8. The Hall–Kier alpha value is -5.02. The second-order valence-corrected chi connectivity index (χ2v) is 11.7. The van der Waals surface area contributed by atoms with Gasteiger partial charge in [-0.1, -0.05) is 11.8 Å². The number of pyridine rings is 1. The number of imide groups is 1. The van der Waals surface area contributed by atoms with Gasteiger partial charge in [-0.3, -0.25) is 29.4 Å². The lowest BCUT2D eigenvalue weighted by atomic mass is 9.97. The molecule has 4 heterocycles. The van der Waals surface area contributed by atoms with Crippen LogP contribution < -0.4 is 20.3 Å². The molecule has 10 nitrogen and oxygen atoms in total. The van der Waals surface area contributed by atoms with Gasteiger partial charge in [-0.2, -0.15) is 0 Å². The molecular formula is C34H32F2N4O6. The number of fused-ring (bicyclic) bond motifs is 1. The van der Waals surface area contributed by atoms with E-state index in [4.69, 9.17) is 9.47 Å². The molecule has 0 radical (unpaired) electrons. The van der Waals surface area contributed by atoms with Crippen molar-refractivity contribution in [2.45, 2.75) is 38.4 Å².